The Morgan fingerprint density at radius 1 is 1.26 bits per heavy atom. The summed E-state index contributed by atoms with van der Waals surface area (Å²) >= 11 is 0. The number of hydrogen-bond donors (Lipinski definition) is 1. The number of H-pyrrole nitrogens is 1. The molecule has 1 atom stereocenters. The van der Waals surface area contributed by atoms with Crippen LogP contribution < -0.4 is 0 Å². The molecule has 0 amide bonds. The van der Waals surface area contributed by atoms with Crippen molar-refractivity contribution in [3.8, 4) is 0 Å². The van der Waals surface area contributed by atoms with E-state index >= 15 is 0 Å². The van der Waals surface area contributed by atoms with Gasteiger partial charge in [0, 0.05) is 31.4 Å². The summed E-state index contributed by atoms with van der Waals surface area (Å²) in [5.41, 5.74) is 3.62. The highest BCUT2D eigenvalue weighted by Crippen LogP contribution is 2.29. The molecular weight excluding hydrogens is 293 g/mol. The largest absolute Gasteiger partial charge is 0.298 e. The lowest BCUT2D eigenvalue weighted by Crippen LogP contribution is -2.34. The molecule has 0 aliphatic carbocycles. The van der Waals surface area contributed by atoms with Crippen molar-refractivity contribution in [3.63, 3.8) is 0 Å². The summed E-state index contributed by atoms with van der Waals surface area (Å²) in [6, 6.07) is 6.84. The van der Waals surface area contributed by atoms with Crippen LogP contribution in [0.4, 0.5) is 4.39 Å². The molecule has 0 spiro atoms. The van der Waals surface area contributed by atoms with E-state index in [1.54, 1.807) is 24.5 Å². The lowest BCUT2D eigenvalue weighted by molar-refractivity contribution is 0.198. The lowest BCUT2D eigenvalue weighted by Gasteiger charge is -2.32. The van der Waals surface area contributed by atoms with Crippen LogP contribution in [-0.2, 0) is 6.54 Å². The third-order valence-electron chi connectivity index (χ3n) is 4.43. The second-order valence-corrected chi connectivity index (χ2v) is 6.07. The van der Waals surface area contributed by atoms with Gasteiger partial charge in [0.05, 0.1) is 5.69 Å². The molecule has 23 heavy (non-hydrogen) atoms. The Kier molecular flexibility index (Phi) is 3.75. The number of nitrogens with one attached hydrogen (secondary N) is 1. The topological polar surface area (TPSA) is 57.7 Å². The molecule has 5 nitrogen and oxygen atoms in total. The fourth-order valence-electron chi connectivity index (χ4n) is 3.38. The molecule has 4 rings (SSSR count). The standard InChI is InChI=1S/C17H18FN5/c18-14-5-1-3-12(9-14)10-23-8-2-4-13(11-23)15-16-17(22-21-15)20-7-6-19-16/h1,3,5-7,9,13H,2,4,8,10-11H2,(H,20,21,22)/t13-/m1/s1. The first-order valence-electron chi connectivity index (χ1n) is 7.91. The average molecular weight is 311 g/mol. The van der Waals surface area contributed by atoms with Crippen molar-refractivity contribution in [2.45, 2.75) is 25.3 Å². The van der Waals surface area contributed by atoms with Crippen LogP contribution in [-0.4, -0.2) is 38.2 Å². The van der Waals surface area contributed by atoms with Crippen molar-refractivity contribution < 1.29 is 4.39 Å². The molecule has 1 N–H and O–H groups in total. The first-order chi connectivity index (χ1) is 11.3. The molecule has 1 saturated heterocycles. The molecule has 0 saturated carbocycles. The minimum atomic E-state index is -0.175. The van der Waals surface area contributed by atoms with Gasteiger partial charge in [-0.05, 0) is 37.1 Å². The molecule has 3 aromatic rings. The van der Waals surface area contributed by atoms with Gasteiger partial charge in [-0.2, -0.15) is 5.10 Å². The molecule has 118 valence electrons. The van der Waals surface area contributed by atoms with Gasteiger partial charge >= 0.3 is 0 Å². The lowest BCUT2D eigenvalue weighted by atomic mass is 9.94. The van der Waals surface area contributed by atoms with E-state index in [1.165, 1.54) is 6.07 Å². The van der Waals surface area contributed by atoms with E-state index in [9.17, 15) is 4.39 Å². The van der Waals surface area contributed by atoms with Crippen molar-refractivity contribution in [3.05, 3.63) is 53.7 Å². The van der Waals surface area contributed by atoms with Crippen molar-refractivity contribution in [2.75, 3.05) is 13.1 Å². The molecular formula is C17H18FN5. The van der Waals surface area contributed by atoms with Crippen molar-refractivity contribution in [2.24, 2.45) is 0 Å². The number of benzene rings is 1. The maximum Gasteiger partial charge on any atom is 0.199 e. The van der Waals surface area contributed by atoms with E-state index in [-0.39, 0.29) is 5.82 Å². The van der Waals surface area contributed by atoms with Gasteiger partial charge in [0.25, 0.3) is 0 Å². The van der Waals surface area contributed by atoms with E-state index in [0.717, 1.165) is 49.2 Å². The molecule has 0 bridgehead atoms. The summed E-state index contributed by atoms with van der Waals surface area (Å²) in [5, 5.41) is 7.36. The fraction of sp³-hybridized carbons (Fsp3) is 0.353. The number of halogens is 1. The Morgan fingerprint density at radius 2 is 2.17 bits per heavy atom. The van der Waals surface area contributed by atoms with Gasteiger partial charge in [-0.25, -0.2) is 14.4 Å². The molecule has 1 aliphatic heterocycles. The van der Waals surface area contributed by atoms with E-state index in [1.807, 2.05) is 6.07 Å². The Hall–Kier alpha value is -2.34. The summed E-state index contributed by atoms with van der Waals surface area (Å²) in [6.45, 7) is 2.72. The SMILES string of the molecule is Fc1cccc(CN2CCC[C@@H](c3[nH]nc4nccnc34)C2)c1. The van der Waals surface area contributed by atoms with Crippen molar-refractivity contribution in [1.82, 2.24) is 25.1 Å². The molecule has 1 aliphatic rings. The van der Waals surface area contributed by atoms with Crippen LogP contribution in [0, 0.1) is 5.82 Å². The predicted octanol–water partition coefficient (Wildman–Crippen LogP) is 2.87. The zero-order chi connectivity index (χ0) is 15.6. The van der Waals surface area contributed by atoms with Gasteiger partial charge in [-0.1, -0.05) is 12.1 Å². The number of piperidine rings is 1. The van der Waals surface area contributed by atoms with Crippen LogP contribution in [0.25, 0.3) is 11.2 Å². The zero-order valence-electron chi connectivity index (χ0n) is 12.7. The predicted molar refractivity (Wildman–Crippen MR) is 85.3 cm³/mol. The van der Waals surface area contributed by atoms with E-state index in [4.69, 9.17) is 0 Å². The quantitative estimate of drug-likeness (QED) is 0.808. The van der Waals surface area contributed by atoms with Crippen molar-refractivity contribution in [1.29, 1.82) is 0 Å². The Bertz CT molecular complexity index is 815. The molecule has 6 heteroatoms. The smallest absolute Gasteiger partial charge is 0.199 e. The van der Waals surface area contributed by atoms with Gasteiger partial charge in [0.1, 0.15) is 11.3 Å². The van der Waals surface area contributed by atoms with E-state index < -0.39 is 0 Å². The third-order valence-corrected chi connectivity index (χ3v) is 4.43. The highest BCUT2D eigenvalue weighted by Gasteiger charge is 2.25. The minimum Gasteiger partial charge on any atom is -0.298 e. The second kappa shape index (κ2) is 6.04. The Morgan fingerprint density at radius 3 is 3.09 bits per heavy atom. The fourth-order valence-corrected chi connectivity index (χ4v) is 3.38. The molecule has 3 heterocycles. The zero-order valence-corrected chi connectivity index (χ0v) is 12.7. The summed E-state index contributed by atoms with van der Waals surface area (Å²) in [5.74, 6) is 0.185. The first-order valence-corrected chi connectivity index (χ1v) is 7.91. The van der Waals surface area contributed by atoms with Crippen LogP contribution >= 0.6 is 0 Å². The van der Waals surface area contributed by atoms with Crippen LogP contribution in [0.5, 0.6) is 0 Å². The Labute approximate surface area is 133 Å². The normalized spacial score (nSPS) is 19.3. The summed E-state index contributed by atoms with van der Waals surface area (Å²) < 4.78 is 13.3. The van der Waals surface area contributed by atoms with Crippen LogP contribution in [0.15, 0.2) is 36.7 Å². The molecule has 1 aromatic carbocycles. The molecule has 1 fully saturated rings. The maximum absolute atomic E-state index is 13.3. The second-order valence-electron chi connectivity index (χ2n) is 6.07. The van der Waals surface area contributed by atoms with Crippen molar-refractivity contribution >= 4 is 11.2 Å². The third kappa shape index (κ3) is 2.94. The number of aromatic amines is 1. The van der Waals surface area contributed by atoms with Gasteiger partial charge in [0.15, 0.2) is 5.65 Å². The average Bonchev–Trinajstić information content (AvgIpc) is 2.99. The summed E-state index contributed by atoms with van der Waals surface area (Å²) in [7, 11) is 0. The number of rotatable bonds is 3. The van der Waals surface area contributed by atoms with Crippen LogP contribution in [0.3, 0.4) is 0 Å². The minimum absolute atomic E-state index is 0.175. The number of fused-ring (bicyclic) bond motifs is 1. The maximum atomic E-state index is 13.3. The van der Waals surface area contributed by atoms with E-state index in [0.29, 0.717) is 11.6 Å². The van der Waals surface area contributed by atoms with Crippen LogP contribution in [0.1, 0.15) is 30.0 Å². The molecule has 2 aromatic heterocycles. The first kappa shape index (κ1) is 14.3. The summed E-state index contributed by atoms with van der Waals surface area (Å²) in [4.78, 5) is 11.0. The summed E-state index contributed by atoms with van der Waals surface area (Å²) in [6.07, 6.45) is 5.58. The van der Waals surface area contributed by atoms with E-state index in [2.05, 4.69) is 25.1 Å². The number of nitrogens with zero attached hydrogens (tertiary/aromatic N) is 4. The Balaban J connectivity index is 1.53. The highest BCUT2D eigenvalue weighted by atomic mass is 19.1. The van der Waals surface area contributed by atoms with Gasteiger partial charge in [-0.15, -0.1) is 0 Å². The molecule has 0 unspecified atom stereocenters. The van der Waals surface area contributed by atoms with Gasteiger partial charge in [0.2, 0.25) is 0 Å². The monoisotopic (exact) mass is 311 g/mol. The number of hydrogen-bond acceptors (Lipinski definition) is 4. The van der Waals surface area contributed by atoms with Gasteiger partial charge in [-0.3, -0.25) is 10.00 Å². The highest BCUT2D eigenvalue weighted by molar-refractivity contribution is 5.72. The number of likely N-dealkylation sites (tertiary alicyclic amines) is 1. The number of aromatic nitrogens is 4. The molecule has 0 radical (unpaired) electrons. The van der Waals surface area contributed by atoms with Gasteiger partial charge < -0.3 is 0 Å². The van der Waals surface area contributed by atoms with Crippen LogP contribution in [0.2, 0.25) is 0 Å².